The zero-order chi connectivity index (χ0) is 15.0. The highest BCUT2D eigenvalue weighted by Gasteiger charge is 2.07. The maximum atomic E-state index is 13.3. The Morgan fingerprint density at radius 3 is 2.86 bits per heavy atom. The third kappa shape index (κ3) is 2.74. The molecule has 0 unspecified atom stereocenters. The third-order valence-electron chi connectivity index (χ3n) is 3.44. The molecule has 3 aromatic rings. The Hall–Kier alpha value is -2.01. The number of aryl methyl sites for hydroxylation is 1. The Morgan fingerprint density at radius 2 is 2.05 bits per heavy atom. The minimum atomic E-state index is -0.304. The van der Waals surface area contributed by atoms with Gasteiger partial charge < -0.3 is 0 Å². The highest BCUT2D eigenvalue weighted by Crippen LogP contribution is 2.16. The number of hydrogen-bond donors (Lipinski definition) is 0. The van der Waals surface area contributed by atoms with Crippen LogP contribution in [0.15, 0.2) is 52.0 Å². The molecule has 3 nitrogen and oxygen atoms in total. The Balaban J connectivity index is 2.09. The number of benzene rings is 2. The van der Waals surface area contributed by atoms with Crippen LogP contribution >= 0.6 is 15.9 Å². The van der Waals surface area contributed by atoms with E-state index in [4.69, 9.17) is 0 Å². The molecule has 1 heterocycles. The smallest absolute Gasteiger partial charge is 0.261 e. The van der Waals surface area contributed by atoms with Crippen LogP contribution in [0.25, 0.3) is 10.9 Å². The number of fused-ring (bicyclic) bond motifs is 1. The van der Waals surface area contributed by atoms with Crippen molar-refractivity contribution in [3.8, 4) is 0 Å². The first-order valence-corrected chi connectivity index (χ1v) is 7.23. The fraction of sp³-hybridized carbons (Fsp3) is 0.125. The maximum absolute atomic E-state index is 13.3. The molecule has 2 aromatic carbocycles. The summed E-state index contributed by atoms with van der Waals surface area (Å²) in [6.07, 6.45) is 1.50. The lowest BCUT2D eigenvalue weighted by atomic mass is 10.1. The molecule has 0 fully saturated rings. The summed E-state index contributed by atoms with van der Waals surface area (Å²) in [4.78, 5) is 16.7. The predicted octanol–water partition coefficient (Wildman–Crippen LogP) is 3.65. The first kappa shape index (κ1) is 13.9. The topological polar surface area (TPSA) is 34.9 Å². The van der Waals surface area contributed by atoms with Crippen molar-refractivity contribution in [2.75, 3.05) is 0 Å². The van der Waals surface area contributed by atoms with E-state index in [1.54, 1.807) is 18.2 Å². The second-order valence-electron chi connectivity index (χ2n) is 4.91. The number of hydrogen-bond acceptors (Lipinski definition) is 2. The van der Waals surface area contributed by atoms with Crippen LogP contribution in [0.2, 0.25) is 0 Å². The van der Waals surface area contributed by atoms with Gasteiger partial charge in [-0.1, -0.05) is 22.0 Å². The first-order valence-electron chi connectivity index (χ1n) is 6.44. The maximum Gasteiger partial charge on any atom is 0.261 e. The Labute approximate surface area is 129 Å². The van der Waals surface area contributed by atoms with E-state index >= 15 is 0 Å². The molecule has 5 heteroatoms. The van der Waals surface area contributed by atoms with Crippen LogP contribution in [-0.4, -0.2) is 9.55 Å². The fourth-order valence-electron chi connectivity index (χ4n) is 2.24. The second kappa shape index (κ2) is 5.41. The van der Waals surface area contributed by atoms with Crippen molar-refractivity contribution in [1.82, 2.24) is 9.55 Å². The van der Waals surface area contributed by atoms with Crippen LogP contribution < -0.4 is 5.56 Å². The lowest BCUT2D eigenvalue weighted by Crippen LogP contribution is -2.21. The quantitative estimate of drug-likeness (QED) is 0.709. The van der Waals surface area contributed by atoms with Gasteiger partial charge in [0.1, 0.15) is 5.82 Å². The van der Waals surface area contributed by atoms with E-state index in [-0.39, 0.29) is 11.4 Å². The molecular weight excluding hydrogens is 335 g/mol. The van der Waals surface area contributed by atoms with Crippen LogP contribution in [0.1, 0.15) is 11.1 Å². The molecule has 3 rings (SSSR count). The van der Waals surface area contributed by atoms with Gasteiger partial charge in [-0.3, -0.25) is 9.36 Å². The monoisotopic (exact) mass is 346 g/mol. The van der Waals surface area contributed by atoms with Gasteiger partial charge in [0.05, 0.1) is 23.8 Å². The number of halogens is 2. The fourth-order valence-corrected chi connectivity index (χ4v) is 2.59. The molecule has 0 atom stereocenters. The van der Waals surface area contributed by atoms with Gasteiger partial charge in [-0.25, -0.2) is 9.37 Å². The molecule has 0 radical (unpaired) electrons. The largest absolute Gasteiger partial charge is 0.294 e. The average Bonchev–Trinajstić information content (AvgIpc) is 2.45. The van der Waals surface area contributed by atoms with E-state index in [0.29, 0.717) is 17.4 Å². The second-order valence-corrected chi connectivity index (χ2v) is 5.83. The summed E-state index contributed by atoms with van der Waals surface area (Å²) in [5.41, 5.74) is 2.23. The molecule has 0 saturated carbocycles. The number of aromatic nitrogens is 2. The molecule has 106 valence electrons. The average molecular weight is 347 g/mol. The standard InChI is InChI=1S/C16H12BrFN2O/c1-10-2-4-13(18)6-11(10)8-20-9-19-15-7-12(17)3-5-14(15)16(20)21/h2-7,9H,8H2,1H3. The van der Waals surface area contributed by atoms with Gasteiger partial charge in [-0.15, -0.1) is 0 Å². The van der Waals surface area contributed by atoms with Crippen molar-refractivity contribution in [2.24, 2.45) is 0 Å². The summed E-state index contributed by atoms with van der Waals surface area (Å²) in [6.45, 7) is 2.20. The van der Waals surface area contributed by atoms with Gasteiger partial charge >= 0.3 is 0 Å². The van der Waals surface area contributed by atoms with Crippen molar-refractivity contribution in [1.29, 1.82) is 0 Å². The van der Waals surface area contributed by atoms with Crippen molar-refractivity contribution >= 4 is 26.8 Å². The molecule has 0 N–H and O–H groups in total. The van der Waals surface area contributed by atoms with Gasteiger partial charge in [0.15, 0.2) is 0 Å². The summed E-state index contributed by atoms with van der Waals surface area (Å²) in [6, 6.07) is 9.92. The zero-order valence-corrected chi connectivity index (χ0v) is 12.9. The number of rotatable bonds is 2. The lowest BCUT2D eigenvalue weighted by Gasteiger charge is -2.09. The van der Waals surface area contributed by atoms with E-state index in [1.165, 1.54) is 23.0 Å². The highest BCUT2D eigenvalue weighted by molar-refractivity contribution is 9.10. The first-order chi connectivity index (χ1) is 10.0. The minimum absolute atomic E-state index is 0.129. The molecule has 0 amide bonds. The van der Waals surface area contributed by atoms with Crippen molar-refractivity contribution in [3.63, 3.8) is 0 Å². The lowest BCUT2D eigenvalue weighted by molar-refractivity contribution is 0.621. The molecule has 1 aromatic heterocycles. The van der Waals surface area contributed by atoms with Gasteiger partial charge in [0, 0.05) is 4.47 Å². The summed E-state index contributed by atoms with van der Waals surface area (Å²) in [5, 5.41) is 0.551. The van der Waals surface area contributed by atoms with E-state index < -0.39 is 0 Å². The molecule has 0 saturated heterocycles. The SMILES string of the molecule is Cc1ccc(F)cc1Cn1cnc2cc(Br)ccc2c1=O. The third-order valence-corrected chi connectivity index (χ3v) is 3.93. The summed E-state index contributed by atoms with van der Waals surface area (Å²) < 4.78 is 15.7. The van der Waals surface area contributed by atoms with Gasteiger partial charge in [-0.05, 0) is 48.4 Å². The molecule has 0 bridgehead atoms. The van der Waals surface area contributed by atoms with E-state index in [1.807, 2.05) is 13.0 Å². The molecule has 21 heavy (non-hydrogen) atoms. The Morgan fingerprint density at radius 1 is 1.24 bits per heavy atom. The van der Waals surface area contributed by atoms with E-state index in [0.717, 1.165) is 15.6 Å². The van der Waals surface area contributed by atoms with E-state index in [9.17, 15) is 9.18 Å². The highest BCUT2D eigenvalue weighted by atomic mass is 79.9. The van der Waals surface area contributed by atoms with Crippen molar-refractivity contribution in [3.05, 3.63) is 74.5 Å². The predicted molar refractivity (Wildman–Crippen MR) is 83.9 cm³/mol. The minimum Gasteiger partial charge on any atom is -0.294 e. The van der Waals surface area contributed by atoms with Crippen LogP contribution in [-0.2, 0) is 6.54 Å². The normalized spacial score (nSPS) is 11.0. The van der Waals surface area contributed by atoms with Gasteiger partial charge in [0.2, 0.25) is 0 Å². The molecular formula is C16H12BrFN2O. The summed E-state index contributed by atoms with van der Waals surface area (Å²) in [5.74, 6) is -0.304. The Kier molecular flexibility index (Phi) is 3.59. The van der Waals surface area contributed by atoms with E-state index in [2.05, 4.69) is 20.9 Å². The molecule has 0 spiro atoms. The van der Waals surface area contributed by atoms with Crippen molar-refractivity contribution in [2.45, 2.75) is 13.5 Å². The number of nitrogens with zero attached hydrogens (tertiary/aromatic N) is 2. The van der Waals surface area contributed by atoms with Gasteiger partial charge in [0.25, 0.3) is 5.56 Å². The van der Waals surface area contributed by atoms with Crippen LogP contribution in [0.5, 0.6) is 0 Å². The van der Waals surface area contributed by atoms with Crippen LogP contribution in [0, 0.1) is 12.7 Å². The van der Waals surface area contributed by atoms with Crippen molar-refractivity contribution < 1.29 is 4.39 Å². The summed E-state index contributed by atoms with van der Waals surface area (Å²) >= 11 is 3.36. The van der Waals surface area contributed by atoms with Crippen LogP contribution in [0.3, 0.4) is 0 Å². The van der Waals surface area contributed by atoms with Gasteiger partial charge in [-0.2, -0.15) is 0 Å². The summed E-state index contributed by atoms with van der Waals surface area (Å²) in [7, 11) is 0. The Bertz CT molecular complexity index is 889. The molecule has 0 aliphatic rings. The van der Waals surface area contributed by atoms with Crippen LogP contribution in [0.4, 0.5) is 4.39 Å². The molecule has 0 aliphatic heterocycles. The molecule has 0 aliphatic carbocycles. The zero-order valence-electron chi connectivity index (χ0n) is 11.3.